The minimum Gasteiger partial charge on any atom is -0.394 e. The van der Waals surface area contributed by atoms with E-state index in [0.29, 0.717) is 18.7 Å². The van der Waals surface area contributed by atoms with Crippen molar-refractivity contribution in [3.63, 3.8) is 0 Å². The van der Waals surface area contributed by atoms with Crippen molar-refractivity contribution in [1.29, 1.82) is 0 Å². The summed E-state index contributed by atoms with van der Waals surface area (Å²) in [4.78, 5) is 2.39. The predicted molar refractivity (Wildman–Crippen MR) is 61.0 cm³/mol. The maximum Gasteiger partial charge on any atom is 0.0697 e. The van der Waals surface area contributed by atoms with Crippen molar-refractivity contribution in [2.45, 2.75) is 31.8 Å². The Labute approximate surface area is 92.6 Å². The zero-order valence-corrected chi connectivity index (χ0v) is 9.91. The van der Waals surface area contributed by atoms with E-state index in [0.717, 1.165) is 26.1 Å². The van der Waals surface area contributed by atoms with Crippen LogP contribution in [0.2, 0.25) is 0 Å². The van der Waals surface area contributed by atoms with Gasteiger partial charge >= 0.3 is 0 Å². The van der Waals surface area contributed by atoms with Crippen molar-refractivity contribution in [2.24, 2.45) is 0 Å². The number of likely N-dealkylation sites (tertiary alicyclic amines) is 1. The lowest BCUT2D eigenvalue weighted by Gasteiger charge is -2.13. The van der Waals surface area contributed by atoms with Gasteiger partial charge < -0.3 is 20.1 Å². The summed E-state index contributed by atoms with van der Waals surface area (Å²) in [5.74, 6) is 0. The van der Waals surface area contributed by atoms with E-state index < -0.39 is 0 Å². The highest BCUT2D eigenvalue weighted by Crippen LogP contribution is 2.14. The van der Waals surface area contributed by atoms with Gasteiger partial charge in [-0.25, -0.2) is 0 Å². The summed E-state index contributed by atoms with van der Waals surface area (Å²) in [5.41, 5.74) is 0. The van der Waals surface area contributed by atoms with E-state index >= 15 is 0 Å². The van der Waals surface area contributed by atoms with Crippen molar-refractivity contribution in [2.75, 3.05) is 40.0 Å². The normalized spacial score (nSPS) is 27.4. The van der Waals surface area contributed by atoms with Gasteiger partial charge in [-0.1, -0.05) is 0 Å². The molecule has 0 aromatic rings. The fourth-order valence-corrected chi connectivity index (χ4v) is 1.99. The number of aliphatic hydroxyl groups excluding tert-OH is 1. The second kappa shape index (κ2) is 7.17. The SMILES string of the molecule is CC1CC(NCCCOCCO)CN1C. The number of nitrogens with zero attached hydrogens (tertiary/aromatic N) is 1. The number of hydrogen-bond acceptors (Lipinski definition) is 4. The molecular weight excluding hydrogens is 192 g/mol. The average Bonchev–Trinajstić information content (AvgIpc) is 2.52. The van der Waals surface area contributed by atoms with Crippen LogP contribution in [0.15, 0.2) is 0 Å². The van der Waals surface area contributed by atoms with Crippen LogP contribution in [0.1, 0.15) is 19.8 Å². The molecule has 2 unspecified atom stereocenters. The zero-order valence-electron chi connectivity index (χ0n) is 9.91. The van der Waals surface area contributed by atoms with Gasteiger partial charge in [0.25, 0.3) is 0 Å². The third kappa shape index (κ3) is 4.93. The maximum absolute atomic E-state index is 8.51. The molecule has 0 spiro atoms. The molecule has 0 radical (unpaired) electrons. The Kier molecular flexibility index (Phi) is 6.17. The van der Waals surface area contributed by atoms with Gasteiger partial charge in [-0.3, -0.25) is 0 Å². The summed E-state index contributed by atoms with van der Waals surface area (Å²) in [7, 11) is 2.18. The first kappa shape index (κ1) is 12.9. The van der Waals surface area contributed by atoms with Gasteiger partial charge in [-0.2, -0.15) is 0 Å². The molecule has 0 amide bonds. The summed E-state index contributed by atoms with van der Waals surface area (Å²) in [5, 5.41) is 12.0. The number of rotatable bonds is 7. The van der Waals surface area contributed by atoms with Gasteiger partial charge in [0.2, 0.25) is 0 Å². The summed E-state index contributed by atoms with van der Waals surface area (Å²) >= 11 is 0. The second-order valence-electron chi connectivity index (χ2n) is 4.36. The fourth-order valence-electron chi connectivity index (χ4n) is 1.99. The van der Waals surface area contributed by atoms with E-state index in [-0.39, 0.29) is 6.61 Å². The van der Waals surface area contributed by atoms with Gasteiger partial charge in [-0.05, 0) is 33.4 Å². The minimum absolute atomic E-state index is 0.123. The second-order valence-corrected chi connectivity index (χ2v) is 4.36. The number of hydrogen-bond donors (Lipinski definition) is 2. The lowest BCUT2D eigenvalue weighted by Crippen LogP contribution is -2.32. The number of likely N-dealkylation sites (N-methyl/N-ethyl adjacent to an activating group) is 1. The molecule has 1 fully saturated rings. The van der Waals surface area contributed by atoms with Crippen LogP contribution in [-0.2, 0) is 4.74 Å². The quantitative estimate of drug-likeness (QED) is 0.591. The molecule has 0 bridgehead atoms. The van der Waals surface area contributed by atoms with Crippen LogP contribution in [0.4, 0.5) is 0 Å². The Hall–Kier alpha value is -0.160. The Morgan fingerprint density at radius 3 is 2.87 bits per heavy atom. The Morgan fingerprint density at radius 1 is 1.47 bits per heavy atom. The highest BCUT2D eigenvalue weighted by molar-refractivity contribution is 4.84. The molecule has 4 heteroatoms. The van der Waals surface area contributed by atoms with Crippen molar-refractivity contribution in [3.05, 3.63) is 0 Å². The summed E-state index contributed by atoms with van der Waals surface area (Å²) in [6.07, 6.45) is 2.27. The molecule has 1 aliphatic rings. The minimum atomic E-state index is 0.123. The number of aliphatic hydroxyl groups is 1. The molecule has 1 aliphatic heterocycles. The molecule has 0 saturated carbocycles. The van der Waals surface area contributed by atoms with Crippen molar-refractivity contribution < 1.29 is 9.84 Å². The van der Waals surface area contributed by atoms with Crippen LogP contribution in [0, 0.1) is 0 Å². The number of ether oxygens (including phenoxy) is 1. The molecule has 1 saturated heterocycles. The van der Waals surface area contributed by atoms with Crippen LogP contribution in [0.3, 0.4) is 0 Å². The molecular formula is C11H24N2O2. The molecule has 1 rings (SSSR count). The van der Waals surface area contributed by atoms with Crippen LogP contribution in [0.5, 0.6) is 0 Å². The Morgan fingerprint density at radius 2 is 2.27 bits per heavy atom. The van der Waals surface area contributed by atoms with E-state index in [1.807, 2.05) is 0 Å². The molecule has 0 aromatic carbocycles. The first-order chi connectivity index (χ1) is 7.24. The van der Waals surface area contributed by atoms with E-state index in [1.54, 1.807) is 0 Å². The largest absolute Gasteiger partial charge is 0.394 e. The van der Waals surface area contributed by atoms with Crippen molar-refractivity contribution in [1.82, 2.24) is 10.2 Å². The average molecular weight is 216 g/mol. The van der Waals surface area contributed by atoms with E-state index in [2.05, 4.69) is 24.2 Å². The van der Waals surface area contributed by atoms with E-state index in [4.69, 9.17) is 9.84 Å². The first-order valence-electron chi connectivity index (χ1n) is 5.86. The highest BCUT2D eigenvalue weighted by Gasteiger charge is 2.24. The third-order valence-corrected chi connectivity index (χ3v) is 3.02. The molecule has 0 aromatic heterocycles. The van der Waals surface area contributed by atoms with Crippen molar-refractivity contribution in [3.8, 4) is 0 Å². The van der Waals surface area contributed by atoms with Crippen LogP contribution in [-0.4, -0.2) is 62.0 Å². The van der Waals surface area contributed by atoms with E-state index in [1.165, 1.54) is 6.42 Å². The molecule has 4 nitrogen and oxygen atoms in total. The molecule has 0 aliphatic carbocycles. The van der Waals surface area contributed by atoms with Gasteiger partial charge in [0.1, 0.15) is 0 Å². The highest BCUT2D eigenvalue weighted by atomic mass is 16.5. The summed E-state index contributed by atoms with van der Waals surface area (Å²) in [6.45, 7) is 5.76. The fraction of sp³-hybridized carbons (Fsp3) is 1.00. The first-order valence-corrected chi connectivity index (χ1v) is 5.86. The Bertz CT molecular complexity index is 157. The van der Waals surface area contributed by atoms with Gasteiger partial charge in [0.15, 0.2) is 0 Å². The smallest absolute Gasteiger partial charge is 0.0697 e. The maximum atomic E-state index is 8.51. The lowest BCUT2D eigenvalue weighted by atomic mass is 10.2. The Balaban J connectivity index is 1.92. The van der Waals surface area contributed by atoms with Crippen molar-refractivity contribution >= 4 is 0 Å². The third-order valence-electron chi connectivity index (χ3n) is 3.02. The zero-order chi connectivity index (χ0) is 11.1. The van der Waals surface area contributed by atoms with Gasteiger partial charge in [0, 0.05) is 25.2 Å². The molecule has 2 atom stereocenters. The van der Waals surface area contributed by atoms with Crippen LogP contribution >= 0.6 is 0 Å². The summed E-state index contributed by atoms with van der Waals surface area (Å²) in [6, 6.07) is 1.34. The lowest BCUT2D eigenvalue weighted by molar-refractivity contribution is 0.0904. The molecule has 90 valence electrons. The van der Waals surface area contributed by atoms with E-state index in [9.17, 15) is 0 Å². The topological polar surface area (TPSA) is 44.7 Å². The van der Waals surface area contributed by atoms with Crippen LogP contribution in [0.25, 0.3) is 0 Å². The number of nitrogens with one attached hydrogen (secondary N) is 1. The molecule has 15 heavy (non-hydrogen) atoms. The molecule has 2 N–H and O–H groups in total. The van der Waals surface area contributed by atoms with Gasteiger partial charge in [-0.15, -0.1) is 0 Å². The van der Waals surface area contributed by atoms with Gasteiger partial charge in [0.05, 0.1) is 13.2 Å². The standard InChI is InChI=1S/C11H24N2O2/c1-10-8-11(9-13(10)2)12-4-3-6-15-7-5-14/h10-12,14H,3-9H2,1-2H3. The molecule has 1 heterocycles. The summed E-state index contributed by atoms with van der Waals surface area (Å²) < 4.78 is 5.19. The van der Waals surface area contributed by atoms with Crippen LogP contribution < -0.4 is 5.32 Å². The predicted octanol–water partition coefficient (Wildman–Crippen LogP) is 0.0676. The monoisotopic (exact) mass is 216 g/mol.